The molecule has 0 atom stereocenters. The molecule has 1 aromatic heterocycles. The smallest absolute Gasteiger partial charge is 0.166 e. The topological polar surface area (TPSA) is 17.1 Å². The highest BCUT2D eigenvalue weighted by molar-refractivity contribution is 8.00. The van der Waals surface area contributed by atoms with Gasteiger partial charge in [-0.05, 0) is 18.6 Å². The molecule has 2 aromatic rings. The average molecular weight is 290 g/mol. The normalized spacial score (nSPS) is 10.9. The Morgan fingerprint density at radius 2 is 1.95 bits per heavy atom. The van der Waals surface area contributed by atoms with Crippen molar-refractivity contribution >= 4 is 28.9 Å². The van der Waals surface area contributed by atoms with Gasteiger partial charge >= 0.3 is 0 Å². The molecule has 19 heavy (non-hydrogen) atoms. The van der Waals surface area contributed by atoms with Crippen molar-refractivity contribution < 1.29 is 4.79 Å². The lowest BCUT2D eigenvalue weighted by molar-refractivity contribution is 0.0939. The summed E-state index contributed by atoms with van der Waals surface area (Å²) in [6.45, 7) is 5.94. The fourth-order valence-electron chi connectivity index (χ4n) is 1.81. The summed E-state index contributed by atoms with van der Waals surface area (Å²) in [5.74, 6) is 1.27. The number of benzene rings is 1. The second-order valence-electron chi connectivity index (χ2n) is 4.83. The third kappa shape index (κ3) is 3.71. The van der Waals surface area contributed by atoms with Crippen LogP contribution in [0.15, 0.2) is 40.6 Å². The minimum absolute atomic E-state index is 0.0697. The quantitative estimate of drug-likeness (QED) is 0.557. The van der Waals surface area contributed by atoms with E-state index in [4.69, 9.17) is 0 Å². The summed E-state index contributed by atoms with van der Waals surface area (Å²) in [6.07, 6.45) is 0. The molecule has 0 spiro atoms. The van der Waals surface area contributed by atoms with Gasteiger partial charge in [0.1, 0.15) is 0 Å². The van der Waals surface area contributed by atoms with Crippen LogP contribution >= 0.6 is 23.1 Å². The van der Waals surface area contributed by atoms with E-state index in [1.54, 1.807) is 23.1 Å². The molecule has 0 fully saturated rings. The van der Waals surface area contributed by atoms with Crippen molar-refractivity contribution in [1.82, 2.24) is 0 Å². The van der Waals surface area contributed by atoms with Gasteiger partial charge in [0.25, 0.3) is 0 Å². The molecule has 0 radical (unpaired) electrons. The van der Waals surface area contributed by atoms with Crippen LogP contribution in [0.25, 0.3) is 0 Å². The molecule has 0 saturated heterocycles. The summed E-state index contributed by atoms with van der Waals surface area (Å²) in [6, 6.07) is 12.5. The van der Waals surface area contributed by atoms with E-state index in [9.17, 15) is 4.79 Å². The Labute approximate surface area is 123 Å². The second kappa shape index (κ2) is 6.40. The predicted octanol–water partition coefficient (Wildman–Crippen LogP) is 5.19. The summed E-state index contributed by atoms with van der Waals surface area (Å²) in [5, 5.41) is 0. The maximum Gasteiger partial charge on any atom is 0.166 e. The second-order valence-corrected chi connectivity index (χ2v) is 7.36. The Bertz CT molecular complexity index is 555. The first-order valence-electron chi connectivity index (χ1n) is 6.39. The molecular formula is C16H18OS2. The highest BCUT2D eigenvalue weighted by atomic mass is 32.2. The molecular weight excluding hydrogens is 272 g/mol. The summed E-state index contributed by atoms with van der Waals surface area (Å²) in [5.41, 5.74) is 2.21. The van der Waals surface area contributed by atoms with E-state index in [-0.39, 0.29) is 11.7 Å². The van der Waals surface area contributed by atoms with Crippen molar-refractivity contribution in [1.29, 1.82) is 0 Å². The molecule has 0 bridgehead atoms. The number of ketones is 1. The van der Waals surface area contributed by atoms with E-state index in [2.05, 4.69) is 30.3 Å². The fourth-order valence-corrected chi connectivity index (χ4v) is 4.05. The molecule has 0 N–H and O–H groups in total. The van der Waals surface area contributed by atoms with Crippen LogP contribution in [0.3, 0.4) is 0 Å². The highest BCUT2D eigenvalue weighted by Gasteiger charge is 2.16. The van der Waals surface area contributed by atoms with Crippen LogP contribution in [0, 0.1) is 12.8 Å². The van der Waals surface area contributed by atoms with Crippen molar-refractivity contribution in [2.75, 3.05) is 0 Å². The third-order valence-corrected chi connectivity index (χ3v) is 5.24. The van der Waals surface area contributed by atoms with Crippen molar-refractivity contribution in [3.05, 3.63) is 52.4 Å². The average Bonchev–Trinajstić information content (AvgIpc) is 2.78. The summed E-state index contributed by atoms with van der Waals surface area (Å²) >= 11 is 3.53. The Morgan fingerprint density at radius 1 is 1.26 bits per heavy atom. The molecule has 3 heteroatoms. The van der Waals surface area contributed by atoms with Gasteiger partial charge in [0.15, 0.2) is 5.78 Å². The van der Waals surface area contributed by atoms with Crippen LogP contribution in [-0.2, 0) is 5.75 Å². The van der Waals surface area contributed by atoms with Crippen molar-refractivity contribution in [2.45, 2.75) is 30.7 Å². The minimum Gasteiger partial charge on any atom is -0.294 e. The number of rotatable bonds is 5. The number of carbonyl (C=O) groups excluding carboxylic acids is 1. The highest BCUT2D eigenvalue weighted by Crippen LogP contribution is 2.33. The molecule has 0 aliphatic rings. The van der Waals surface area contributed by atoms with E-state index in [0.29, 0.717) is 0 Å². The van der Waals surface area contributed by atoms with Gasteiger partial charge in [-0.15, -0.1) is 23.1 Å². The number of hydrogen-bond acceptors (Lipinski definition) is 3. The first-order chi connectivity index (χ1) is 9.08. The number of aryl methyl sites for hydroxylation is 1. The van der Waals surface area contributed by atoms with E-state index in [1.165, 1.54) is 9.77 Å². The maximum atomic E-state index is 12.1. The standard InChI is InChI=1S/C16H18OS2/c1-11(2)16(17)14-9-15(19-12(14)3)18-10-13-7-5-4-6-8-13/h4-9,11H,10H2,1-3H3. The molecule has 100 valence electrons. The first kappa shape index (κ1) is 14.4. The molecule has 1 nitrogen and oxygen atoms in total. The summed E-state index contributed by atoms with van der Waals surface area (Å²) in [4.78, 5) is 13.2. The Balaban J connectivity index is 2.06. The molecule has 0 aliphatic heterocycles. The zero-order valence-electron chi connectivity index (χ0n) is 11.5. The number of carbonyl (C=O) groups is 1. The van der Waals surface area contributed by atoms with E-state index in [0.717, 1.165) is 16.2 Å². The zero-order valence-corrected chi connectivity index (χ0v) is 13.1. The molecule has 1 heterocycles. The molecule has 2 rings (SSSR count). The fraction of sp³-hybridized carbons (Fsp3) is 0.312. The van der Waals surface area contributed by atoms with Gasteiger partial charge in [-0.1, -0.05) is 44.2 Å². The number of thioether (sulfide) groups is 1. The van der Waals surface area contributed by atoms with Crippen LogP contribution in [0.4, 0.5) is 0 Å². The Morgan fingerprint density at radius 3 is 2.58 bits per heavy atom. The van der Waals surface area contributed by atoms with Gasteiger partial charge in [-0.25, -0.2) is 0 Å². The van der Waals surface area contributed by atoms with Crippen LogP contribution < -0.4 is 0 Å². The lowest BCUT2D eigenvalue weighted by Gasteiger charge is -2.01. The van der Waals surface area contributed by atoms with E-state index in [1.807, 2.05) is 26.8 Å². The van der Waals surface area contributed by atoms with Crippen molar-refractivity contribution in [3.63, 3.8) is 0 Å². The molecule has 0 aliphatic carbocycles. The monoisotopic (exact) mass is 290 g/mol. The molecule has 1 aromatic carbocycles. The van der Waals surface area contributed by atoms with Gasteiger partial charge in [-0.2, -0.15) is 0 Å². The third-order valence-electron chi connectivity index (χ3n) is 2.91. The van der Waals surface area contributed by atoms with Gasteiger partial charge in [0, 0.05) is 22.1 Å². The minimum atomic E-state index is 0.0697. The van der Waals surface area contributed by atoms with Gasteiger partial charge in [0.05, 0.1) is 4.21 Å². The van der Waals surface area contributed by atoms with E-state index >= 15 is 0 Å². The zero-order chi connectivity index (χ0) is 13.8. The molecule has 0 saturated carbocycles. The van der Waals surface area contributed by atoms with Crippen molar-refractivity contribution in [3.8, 4) is 0 Å². The molecule has 0 amide bonds. The number of hydrogen-bond donors (Lipinski definition) is 0. The van der Waals surface area contributed by atoms with Crippen LogP contribution in [0.5, 0.6) is 0 Å². The Hall–Kier alpha value is -1.06. The van der Waals surface area contributed by atoms with Gasteiger partial charge in [-0.3, -0.25) is 4.79 Å². The van der Waals surface area contributed by atoms with Gasteiger partial charge < -0.3 is 0 Å². The van der Waals surface area contributed by atoms with Gasteiger partial charge in [0.2, 0.25) is 0 Å². The summed E-state index contributed by atoms with van der Waals surface area (Å²) < 4.78 is 1.23. The summed E-state index contributed by atoms with van der Waals surface area (Å²) in [7, 11) is 0. The molecule has 0 unspecified atom stereocenters. The lowest BCUT2D eigenvalue weighted by Crippen LogP contribution is -2.07. The largest absolute Gasteiger partial charge is 0.294 e. The predicted molar refractivity (Wildman–Crippen MR) is 84.2 cm³/mol. The van der Waals surface area contributed by atoms with Crippen LogP contribution in [-0.4, -0.2) is 5.78 Å². The van der Waals surface area contributed by atoms with Crippen LogP contribution in [0.1, 0.15) is 34.6 Å². The number of thiophene rings is 1. The van der Waals surface area contributed by atoms with E-state index < -0.39 is 0 Å². The maximum absolute atomic E-state index is 12.1. The SMILES string of the molecule is Cc1sc(SCc2ccccc2)cc1C(=O)C(C)C. The van der Waals surface area contributed by atoms with Crippen LogP contribution in [0.2, 0.25) is 0 Å². The lowest BCUT2D eigenvalue weighted by atomic mass is 10.0. The first-order valence-corrected chi connectivity index (χ1v) is 8.19. The number of Topliss-reactive ketones (excluding diaryl/α,β-unsaturated/α-hetero) is 1. The van der Waals surface area contributed by atoms with Crippen molar-refractivity contribution in [2.24, 2.45) is 5.92 Å². The Kier molecular flexibility index (Phi) is 4.83.